The maximum Gasteiger partial charge on any atom is 0.126 e. The van der Waals surface area contributed by atoms with E-state index in [4.69, 9.17) is 9.47 Å². The minimum atomic E-state index is -0.547. The lowest BCUT2D eigenvalue weighted by Gasteiger charge is -2.06. The molecule has 0 radical (unpaired) electrons. The molecule has 0 aliphatic heterocycles. The predicted molar refractivity (Wildman–Crippen MR) is 65.4 cm³/mol. The topological polar surface area (TPSA) is 30.5 Å². The Labute approximate surface area is 106 Å². The SMILES string of the molecule is COCCOCCCNCc1cc(F)cc(F)c1. The first-order valence-corrected chi connectivity index (χ1v) is 5.94. The largest absolute Gasteiger partial charge is 0.382 e. The van der Waals surface area contributed by atoms with Gasteiger partial charge in [0.05, 0.1) is 13.2 Å². The van der Waals surface area contributed by atoms with E-state index in [-0.39, 0.29) is 0 Å². The Morgan fingerprint density at radius 2 is 1.78 bits per heavy atom. The van der Waals surface area contributed by atoms with E-state index in [1.807, 2.05) is 0 Å². The van der Waals surface area contributed by atoms with E-state index < -0.39 is 11.6 Å². The molecule has 1 aromatic rings. The number of ether oxygens (including phenoxy) is 2. The molecule has 0 atom stereocenters. The summed E-state index contributed by atoms with van der Waals surface area (Å²) in [5.41, 5.74) is 0.604. The zero-order valence-electron chi connectivity index (χ0n) is 10.5. The second-order valence-electron chi connectivity index (χ2n) is 3.91. The molecule has 0 fully saturated rings. The van der Waals surface area contributed by atoms with Crippen molar-refractivity contribution in [3.8, 4) is 0 Å². The average Bonchev–Trinajstić information content (AvgIpc) is 2.31. The Morgan fingerprint density at radius 3 is 2.44 bits per heavy atom. The first-order valence-electron chi connectivity index (χ1n) is 5.94. The lowest BCUT2D eigenvalue weighted by molar-refractivity contribution is 0.0695. The Kier molecular flexibility index (Phi) is 7.48. The van der Waals surface area contributed by atoms with Gasteiger partial charge in [-0.2, -0.15) is 0 Å². The summed E-state index contributed by atoms with van der Waals surface area (Å²) >= 11 is 0. The maximum absolute atomic E-state index is 12.9. The molecule has 0 saturated heterocycles. The summed E-state index contributed by atoms with van der Waals surface area (Å²) in [7, 11) is 1.63. The van der Waals surface area contributed by atoms with Crippen LogP contribution in [0.15, 0.2) is 18.2 Å². The summed E-state index contributed by atoms with van der Waals surface area (Å²) in [6.45, 7) is 3.02. The summed E-state index contributed by atoms with van der Waals surface area (Å²) in [4.78, 5) is 0. The number of methoxy groups -OCH3 is 1. The van der Waals surface area contributed by atoms with Gasteiger partial charge in [0.25, 0.3) is 0 Å². The molecule has 1 aromatic carbocycles. The molecule has 5 heteroatoms. The summed E-state index contributed by atoms with van der Waals surface area (Å²) in [6.07, 6.45) is 0.849. The van der Waals surface area contributed by atoms with E-state index in [1.54, 1.807) is 7.11 Å². The van der Waals surface area contributed by atoms with Crippen LogP contribution in [0.3, 0.4) is 0 Å². The van der Waals surface area contributed by atoms with Crippen LogP contribution in [0.5, 0.6) is 0 Å². The molecule has 0 aliphatic carbocycles. The molecule has 0 amide bonds. The quantitative estimate of drug-likeness (QED) is 0.689. The van der Waals surface area contributed by atoms with Gasteiger partial charge < -0.3 is 14.8 Å². The molecule has 0 unspecified atom stereocenters. The third kappa shape index (κ3) is 6.64. The highest BCUT2D eigenvalue weighted by molar-refractivity contribution is 5.17. The van der Waals surface area contributed by atoms with Crippen molar-refractivity contribution in [3.05, 3.63) is 35.4 Å². The summed E-state index contributed by atoms with van der Waals surface area (Å²) in [6, 6.07) is 3.52. The molecular formula is C13H19F2NO2. The van der Waals surface area contributed by atoms with E-state index in [0.717, 1.165) is 19.0 Å². The molecule has 0 spiro atoms. The molecular weight excluding hydrogens is 240 g/mol. The second-order valence-corrected chi connectivity index (χ2v) is 3.91. The van der Waals surface area contributed by atoms with Gasteiger partial charge in [-0.25, -0.2) is 8.78 Å². The summed E-state index contributed by atoms with van der Waals surface area (Å²) < 4.78 is 35.9. The monoisotopic (exact) mass is 259 g/mol. The van der Waals surface area contributed by atoms with E-state index >= 15 is 0 Å². The standard InChI is InChI=1S/C13H19F2NO2/c1-17-5-6-18-4-2-3-16-10-11-7-12(14)9-13(15)8-11/h7-9,16H,2-6,10H2,1H3. The smallest absolute Gasteiger partial charge is 0.126 e. The van der Waals surface area contributed by atoms with Gasteiger partial charge in [0, 0.05) is 26.3 Å². The fraction of sp³-hybridized carbons (Fsp3) is 0.538. The molecule has 0 aliphatic rings. The van der Waals surface area contributed by atoms with Crippen LogP contribution in [0.25, 0.3) is 0 Å². The Bertz CT molecular complexity index is 328. The van der Waals surface area contributed by atoms with E-state index in [9.17, 15) is 8.78 Å². The predicted octanol–water partition coefficient (Wildman–Crippen LogP) is 2.11. The molecule has 0 saturated carbocycles. The van der Waals surface area contributed by atoms with Crippen molar-refractivity contribution in [2.24, 2.45) is 0 Å². The number of halogens is 2. The van der Waals surface area contributed by atoms with Crippen molar-refractivity contribution in [1.82, 2.24) is 5.32 Å². The third-order valence-corrected chi connectivity index (χ3v) is 2.33. The molecule has 1 N–H and O–H groups in total. The van der Waals surface area contributed by atoms with Gasteiger partial charge in [0.2, 0.25) is 0 Å². The minimum Gasteiger partial charge on any atom is -0.382 e. The van der Waals surface area contributed by atoms with Crippen LogP contribution in [0.4, 0.5) is 8.78 Å². The van der Waals surface area contributed by atoms with Crippen LogP contribution < -0.4 is 5.32 Å². The van der Waals surface area contributed by atoms with Crippen molar-refractivity contribution in [2.75, 3.05) is 33.5 Å². The van der Waals surface area contributed by atoms with Gasteiger partial charge in [-0.15, -0.1) is 0 Å². The zero-order valence-corrected chi connectivity index (χ0v) is 10.5. The minimum absolute atomic E-state index is 0.451. The molecule has 18 heavy (non-hydrogen) atoms. The zero-order chi connectivity index (χ0) is 13.2. The lowest BCUT2D eigenvalue weighted by atomic mass is 10.2. The number of hydrogen-bond donors (Lipinski definition) is 1. The number of benzene rings is 1. The highest BCUT2D eigenvalue weighted by Crippen LogP contribution is 2.07. The Morgan fingerprint density at radius 1 is 1.06 bits per heavy atom. The summed E-state index contributed by atoms with van der Waals surface area (Å²) in [5, 5.41) is 3.10. The second kappa shape index (κ2) is 8.97. The molecule has 3 nitrogen and oxygen atoms in total. The van der Waals surface area contributed by atoms with Gasteiger partial charge in [0.15, 0.2) is 0 Å². The highest BCUT2D eigenvalue weighted by Gasteiger charge is 1.99. The third-order valence-electron chi connectivity index (χ3n) is 2.33. The van der Waals surface area contributed by atoms with E-state index in [1.165, 1.54) is 12.1 Å². The van der Waals surface area contributed by atoms with Crippen molar-refractivity contribution >= 4 is 0 Å². The van der Waals surface area contributed by atoms with Gasteiger partial charge in [0.1, 0.15) is 11.6 Å². The number of nitrogens with one attached hydrogen (secondary N) is 1. The van der Waals surface area contributed by atoms with E-state index in [0.29, 0.717) is 31.9 Å². The van der Waals surface area contributed by atoms with Gasteiger partial charge in [-0.05, 0) is 30.7 Å². The highest BCUT2D eigenvalue weighted by atomic mass is 19.1. The fourth-order valence-corrected chi connectivity index (χ4v) is 1.49. The van der Waals surface area contributed by atoms with Crippen LogP contribution in [-0.2, 0) is 16.0 Å². The molecule has 1 rings (SSSR count). The number of hydrogen-bond acceptors (Lipinski definition) is 3. The Hall–Kier alpha value is -1.04. The lowest BCUT2D eigenvalue weighted by Crippen LogP contribution is -2.17. The van der Waals surface area contributed by atoms with Gasteiger partial charge >= 0.3 is 0 Å². The van der Waals surface area contributed by atoms with Crippen LogP contribution in [0.2, 0.25) is 0 Å². The van der Waals surface area contributed by atoms with Crippen LogP contribution in [-0.4, -0.2) is 33.5 Å². The first-order chi connectivity index (χ1) is 8.72. The Balaban J connectivity index is 2.07. The first kappa shape index (κ1) is 15.0. The summed E-state index contributed by atoms with van der Waals surface area (Å²) in [5.74, 6) is -1.09. The molecule has 102 valence electrons. The number of rotatable bonds is 9. The van der Waals surface area contributed by atoms with Crippen LogP contribution in [0, 0.1) is 11.6 Å². The maximum atomic E-state index is 12.9. The normalized spacial score (nSPS) is 10.8. The van der Waals surface area contributed by atoms with Crippen molar-refractivity contribution in [3.63, 3.8) is 0 Å². The van der Waals surface area contributed by atoms with Gasteiger partial charge in [-0.1, -0.05) is 0 Å². The van der Waals surface area contributed by atoms with Crippen molar-refractivity contribution in [1.29, 1.82) is 0 Å². The fourth-order valence-electron chi connectivity index (χ4n) is 1.49. The molecule has 0 bridgehead atoms. The van der Waals surface area contributed by atoms with Crippen molar-refractivity contribution in [2.45, 2.75) is 13.0 Å². The molecule has 0 heterocycles. The van der Waals surface area contributed by atoms with Gasteiger partial charge in [-0.3, -0.25) is 0 Å². The van der Waals surface area contributed by atoms with Crippen LogP contribution in [0.1, 0.15) is 12.0 Å². The van der Waals surface area contributed by atoms with E-state index in [2.05, 4.69) is 5.32 Å². The molecule has 0 aromatic heterocycles. The van der Waals surface area contributed by atoms with Crippen LogP contribution >= 0.6 is 0 Å². The average molecular weight is 259 g/mol. The van der Waals surface area contributed by atoms with Crippen molar-refractivity contribution < 1.29 is 18.3 Å².